The van der Waals surface area contributed by atoms with Crippen LogP contribution in [0.15, 0.2) is 84.9 Å². The van der Waals surface area contributed by atoms with Crippen LogP contribution in [0.5, 0.6) is 0 Å². The van der Waals surface area contributed by atoms with Crippen LogP contribution in [0.3, 0.4) is 0 Å². The summed E-state index contributed by atoms with van der Waals surface area (Å²) < 4.78 is 2.31. The molecule has 4 aromatic rings. The molecule has 0 spiro atoms. The number of aromatic amines is 1. The van der Waals surface area contributed by atoms with Crippen molar-refractivity contribution in [2.24, 2.45) is 0 Å². The van der Waals surface area contributed by atoms with E-state index in [1.165, 1.54) is 0 Å². The van der Waals surface area contributed by atoms with E-state index in [1.54, 1.807) is 0 Å². The molecule has 0 amide bonds. The van der Waals surface area contributed by atoms with Gasteiger partial charge in [-0.25, -0.2) is 0 Å². The number of hydrogen-bond acceptors (Lipinski definition) is 3. The minimum Gasteiger partial charge on any atom is -0.289 e. The average molecular weight is 371 g/mol. The molecule has 0 bridgehead atoms. The standard InChI is InChI=1S/C22H17N3OS/c26-20(17-10-5-2-6-11-17)18-12-7-13-19(14-18)21-23-22(27)25(24-21)15-16-8-3-1-4-9-16/h1-14H,15H2,(H,23,24,27). The molecule has 0 atom stereocenters. The summed E-state index contributed by atoms with van der Waals surface area (Å²) in [7, 11) is 0. The number of carbonyl (C=O) groups is 1. The fraction of sp³-hybridized carbons (Fsp3) is 0.0455. The van der Waals surface area contributed by atoms with Crippen LogP contribution in [0.2, 0.25) is 0 Å². The van der Waals surface area contributed by atoms with Gasteiger partial charge in [0.25, 0.3) is 0 Å². The zero-order valence-corrected chi connectivity index (χ0v) is 15.3. The molecule has 0 unspecified atom stereocenters. The van der Waals surface area contributed by atoms with Crippen molar-refractivity contribution >= 4 is 18.0 Å². The van der Waals surface area contributed by atoms with Crippen LogP contribution in [0, 0.1) is 4.77 Å². The van der Waals surface area contributed by atoms with E-state index in [9.17, 15) is 4.79 Å². The smallest absolute Gasteiger partial charge is 0.216 e. The number of nitrogens with zero attached hydrogens (tertiary/aromatic N) is 2. The van der Waals surface area contributed by atoms with Crippen LogP contribution in [-0.2, 0) is 6.54 Å². The SMILES string of the molecule is O=C(c1ccccc1)c1cccc(-c2nc(=S)n(Cc3ccccc3)[nH]2)c1. The van der Waals surface area contributed by atoms with E-state index in [-0.39, 0.29) is 5.78 Å². The second-order valence-electron chi connectivity index (χ2n) is 6.20. The Labute approximate surface area is 162 Å². The van der Waals surface area contributed by atoms with E-state index in [4.69, 9.17) is 12.2 Å². The highest BCUT2D eigenvalue weighted by atomic mass is 32.1. The third-order valence-corrected chi connectivity index (χ3v) is 4.61. The van der Waals surface area contributed by atoms with Gasteiger partial charge in [0.2, 0.25) is 4.77 Å². The summed E-state index contributed by atoms with van der Waals surface area (Å²) in [6, 6.07) is 26.7. The monoisotopic (exact) mass is 371 g/mol. The molecule has 0 saturated carbocycles. The average Bonchev–Trinajstić information content (AvgIpc) is 3.09. The quantitative estimate of drug-likeness (QED) is 0.401. The molecule has 0 saturated heterocycles. The number of nitrogens with one attached hydrogen (secondary N) is 1. The van der Waals surface area contributed by atoms with Crippen molar-refractivity contribution in [3.8, 4) is 11.4 Å². The molecule has 4 nitrogen and oxygen atoms in total. The van der Waals surface area contributed by atoms with E-state index >= 15 is 0 Å². The Morgan fingerprint density at radius 2 is 1.56 bits per heavy atom. The molecule has 0 fully saturated rings. The Hall–Kier alpha value is -3.31. The van der Waals surface area contributed by atoms with Gasteiger partial charge < -0.3 is 0 Å². The summed E-state index contributed by atoms with van der Waals surface area (Å²) in [5.41, 5.74) is 3.25. The molecule has 1 N–H and O–H groups in total. The first-order valence-electron chi connectivity index (χ1n) is 8.62. The zero-order valence-electron chi connectivity index (χ0n) is 14.5. The number of aromatic nitrogens is 3. The Bertz CT molecular complexity index is 1130. The molecule has 0 aliphatic heterocycles. The Morgan fingerprint density at radius 1 is 0.889 bits per heavy atom. The van der Waals surface area contributed by atoms with Gasteiger partial charge in [-0.2, -0.15) is 4.98 Å². The van der Waals surface area contributed by atoms with E-state index in [0.717, 1.165) is 11.1 Å². The van der Waals surface area contributed by atoms with Crippen LogP contribution < -0.4 is 0 Å². The molecular formula is C22H17N3OS. The van der Waals surface area contributed by atoms with E-state index in [1.807, 2.05) is 89.6 Å². The third kappa shape index (κ3) is 3.78. The highest BCUT2D eigenvalue weighted by molar-refractivity contribution is 7.71. The first kappa shape index (κ1) is 17.1. The fourth-order valence-corrected chi connectivity index (χ4v) is 3.12. The lowest BCUT2D eigenvalue weighted by atomic mass is 10.0. The molecule has 0 aliphatic carbocycles. The first-order valence-corrected chi connectivity index (χ1v) is 9.02. The van der Waals surface area contributed by atoms with Crippen molar-refractivity contribution < 1.29 is 4.79 Å². The summed E-state index contributed by atoms with van der Waals surface area (Å²) in [6.45, 7) is 0.620. The van der Waals surface area contributed by atoms with Gasteiger partial charge in [-0.15, -0.1) is 0 Å². The maximum atomic E-state index is 12.7. The Kier molecular flexibility index (Phi) is 4.77. The molecule has 27 heavy (non-hydrogen) atoms. The Balaban J connectivity index is 1.64. The van der Waals surface area contributed by atoms with Gasteiger partial charge in [0.05, 0.1) is 6.54 Å². The van der Waals surface area contributed by atoms with Crippen LogP contribution in [0.4, 0.5) is 0 Å². The lowest BCUT2D eigenvalue weighted by molar-refractivity contribution is 0.103. The number of H-pyrrole nitrogens is 1. The number of benzene rings is 3. The van der Waals surface area contributed by atoms with E-state index in [0.29, 0.717) is 28.3 Å². The lowest BCUT2D eigenvalue weighted by Gasteiger charge is -2.04. The normalized spacial score (nSPS) is 10.7. The van der Waals surface area contributed by atoms with Gasteiger partial charge in [-0.05, 0) is 23.8 Å². The molecular weight excluding hydrogens is 354 g/mol. The largest absolute Gasteiger partial charge is 0.289 e. The summed E-state index contributed by atoms with van der Waals surface area (Å²) in [6.07, 6.45) is 0. The summed E-state index contributed by atoms with van der Waals surface area (Å²) in [5.74, 6) is 0.637. The van der Waals surface area contributed by atoms with Gasteiger partial charge in [-0.3, -0.25) is 14.6 Å². The zero-order chi connectivity index (χ0) is 18.6. The topological polar surface area (TPSA) is 50.7 Å². The van der Waals surface area contributed by atoms with Crippen LogP contribution >= 0.6 is 12.2 Å². The second-order valence-corrected chi connectivity index (χ2v) is 6.57. The van der Waals surface area contributed by atoms with Crippen molar-refractivity contribution in [1.82, 2.24) is 14.8 Å². The van der Waals surface area contributed by atoms with Crippen LogP contribution in [0.1, 0.15) is 21.5 Å². The number of hydrogen-bond donors (Lipinski definition) is 1. The van der Waals surface area contributed by atoms with Crippen LogP contribution in [0.25, 0.3) is 11.4 Å². The van der Waals surface area contributed by atoms with Crippen molar-refractivity contribution in [2.45, 2.75) is 6.54 Å². The van der Waals surface area contributed by atoms with Gasteiger partial charge >= 0.3 is 0 Å². The minimum absolute atomic E-state index is 0.0141. The summed E-state index contributed by atoms with van der Waals surface area (Å²) in [5, 5.41) is 3.24. The second kappa shape index (κ2) is 7.51. The van der Waals surface area contributed by atoms with E-state index in [2.05, 4.69) is 10.1 Å². The maximum absolute atomic E-state index is 12.7. The molecule has 3 aromatic carbocycles. The lowest BCUT2D eigenvalue weighted by Crippen LogP contribution is -2.02. The van der Waals surface area contributed by atoms with Crippen molar-refractivity contribution in [2.75, 3.05) is 0 Å². The highest BCUT2D eigenvalue weighted by Crippen LogP contribution is 2.19. The molecule has 1 heterocycles. The first-order chi connectivity index (χ1) is 13.2. The van der Waals surface area contributed by atoms with Gasteiger partial charge in [0, 0.05) is 16.7 Å². The molecule has 132 valence electrons. The van der Waals surface area contributed by atoms with Crippen molar-refractivity contribution in [3.05, 3.63) is 106 Å². The molecule has 4 rings (SSSR count). The predicted octanol–water partition coefficient (Wildman–Crippen LogP) is 4.89. The highest BCUT2D eigenvalue weighted by Gasteiger charge is 2.11. The number of rotatable bonds is 5. The maximum Gasteiger partial charge on any atom is 0.216 e. The van der Waals surface area contributed by atoms with Crippen LogP contribution in [-0.4, -0.2) is 20.5 Å². The third-order valence-electron chi connectivity index (χ3n) is 4.30. The number of ketones is 1. The predicted molar refractivity (Wildman–Crippen MR) is 108 cm³/mol. The summed E-state index contributed by atoms with van der Waals surface area (Å²) in [4.78, 5) is 17.1. The minimum atomic E-state index is -0.0141. The fourth-order valence-electron chi connectivity index (χ4n) is 2.92. The van der Waals surface area contributed by atoms with Gasteiger partial charge in [0.1, 0.15) is 0 Å². The molecule has 0 aliphatic rings. The Morgan fingerprint density at radius 3 is 2.30 bits per heavy atom. The molecule has 1 aromatic heterocycles. The molecule has 0 radical (unpaired) electrons. The number of carbonyl (C=O) groups excluding carboxylic acids is 1. The van der Waals surface area contributed by atoms with Crippen molar-refractivity contribution in [1.29, 1.82) is 0 Å². The van der Waals surface area contributed by atoms with E-state index < -0.39 is 0 Å². The van der Waals surface area contributed by atoms with Crippen molar-refractivity contribution in [3.63, 3.8) is 0 Å². The molecule has 5 heteroatoms. The summed E-state index contributed by atoms with van der Waals surface area (Å²) >= 11 is 5.39. The van der Waals surface area contributed by atoms with Gasteiger partial charge in [-0.1, -0.05) is 78.9 Å². The van der Waals surface area contributed by atoms with Gasteiger partial charge in [0.15, 0.2) is 11.6 Å².